The number of amides is 5. The molecular formula is C30H43N7O9S. The van der Waals surface area contributed by atoms with E-state index >= 15 is 0 Å². The molecule has 5 atom stereocenters. The predicted molar refractivity (Wildman–Crippen MR) is 174 cm³/mol. The van der Waals surface area contributed by atoms with Gasteiger partial charge in [0, 0.05) is 23.5 Å². The highest BCUT2D eigenvalue weighted by Crippen LogP contribution is 2.19. The molecule has 0 saturated heterocycles. The van der Waals surface area contributed by atoms with Gasteiger partial charge in [-0.15, -0.1) is 0 Å². The number of thioether (sulfide) groups is 1. The summed E-state index contributed by atoms with van der Waals surface area (Å²) >= 11 is 1.34. The van der Waals surface area contributed by atoms with Gasteiger partial charge < -0.3 is 47.9 Å². The van der Waals surface area contributed by atoms with Crippen molar-refractivity contribution in [3.63, 3.8) is 0 Å². The fourth-order valence-electron chi connectivity index (χ4n) is 4.73. The van der Waals surface area contributed by atoms with E-state index in [0.29, 0.717) is 17.7 Å². The molecule has 1 aromatic carbocycles. The van der Waals surface area contributed by atoms with E-state index in [1.165, 1.54) is 11.8 Å². The number of aromatic amines is 1. The van der Waals surface area contributed by atoms with Crippen LogP contribution < -0.4 is 32.7 Å². The van der Waals surface area contributed by atoms with Gasteiger partial charge in [-0.05, 0) is 42.4 Å². The number of carboxylic acids is 2. The first kappa shape index (κ1) is 38.5. The van der Waals surface area contributed by atoms with Crippen LogP contribution in [-0.4, -0.2) is 98.9 Å². The van der Waals surface area contributed by atoms with Crippen molar-refractivity contribution in [2.24, 2.45) is 17.4 Å². The number of para-hydroxylation sites is 1. The quantitative estimate of drug-likeness (QED) is 0.0837. The van der Waals surface area contributed by atoms with Crippen molar-refractivity contribution in [2.75, 3.05) is 12.0 Å². The van der Waals surface area contributed by atoms with Gasteiger partial charge in [0.05, 0.1) is 18.9 Å². The Labute approximate surface area is 275 Å². The van der Waals surface area contributed by atoms with Crippen molar-refractivity contribution in [3.8, 4) is 0 Å². The van der Waals surface area contributed by atoms with Crippen LogP contribution in [0.5, 0.6) is 0 Å². The summed E-state index contributed by atoms with van der Waals surface area (Å²) in [6.07, 6.45) is 2.02. The van der Waals surface area contributed by atoms with E-state index in [4.69, 9.17) is 11.5 Å². The fraction of sp³-hybridized carbons (Fsp3) is 0.500. The highest BCUT2D eigenvalue weighted by molar-refractivity contribution is 7.98. The zero-order chi connectivity index (χ0) is 35.3. The zero-order valence-corrected chi connectivity index (χ0v) is 27.2. The van der Waals surface area contributed by atoms with E-state index in [2.05, 4.69) is 26.3 Å². The first-order valence-electron chi connectivity index (χ1n) is 14.9. The Morgan fingerprint density at radius 2 is 1.38 bits per heavy atom. The number of H-pyrrole nitrogens is 1. The van der Waals surface area contributed by atoms with Crippen molar-refractivity contribution < 1.29 is 43.8 Å². The monoisotopic (exact) mass is 677 g/mol. The van der Waals surface area contributed by atoms with E-state index in [1.807, 2.05) is 32.0 Å². The maximum atomic E-state index is 13.6. The first-order chi connectivity index (χ1) is 22.1. The molecule has 0 aliphatic carbocycles. The van der Waals surface area contributed by atoms with Crippen LogP contribution in [0.1, 0.15) is 45.1 Å². The number of fused-ring (bicyclic) bond motifs is 1. The summed E-state index contributed by atoms with van der Waals surface area (Å²) in [6, 6.07) is 0.175. The van der Waals surface area contributed by atoms with Gasteiger partial charge >= 0.3 is 11.9 Å². The molecule has 0 spiro atoms. The molecule has 0 aliphatic heterocycles. The van der Waals surface area contributed by atoms with Gasteiger partial charge in [-0.2, -0.15) is 11.8 Å². The minimum absolute atomic E-state index is 0.0432. The number of benzene rings is 1. The van der Waals surface area contributed by atoms with E-state index in [-0.39, 0.29) is 18.8 Å². The lowest BCUT2D eigenvalue weighted by Crippen LogP contribution is -2.59. The molecule has 47 heavy (non-hydrogen) atoms. The number of primary amides is 1. The molecule has 0 saturated carbocycles. The maximum Gasteiger partial charge on any atom is 0.326 e. The molecule has 258 valence electrons. The SMILES string of the molecule is CSCC[C@H](NC(=O)[C@H](CC(N)=O)NC(=O)[C@H](CC(=O)O)NC(=O)[C@H](Cc1c[nH]c2ccccc12)NC(=O)[C@@H](N)CC(C)C)C(=O)O. The Bertz CT molecular complexity index is 1450. The van der Waals surface area contributed by atoms with Crippen LogP contribution >= 0.6 is 11.8 Å². The third-order valence-corrected chi connectivity index (χ3v) is 7.71. The summed E-state index contributed by atoms with van der Waals surface area (Å²) in [5, 5.41) is 29.1. The van der Waals surface area contributed by atoms with Crippen molar-refractivity contribution in [2.45, 2.75) is 76.2 Å². The Morgan fingerprint density at radius 3 is 1.94 bits per heavy atom. The van der Waals surface area contributed by atoms with Crippen LogP contribution in [0.25, 0.3) is 10.9 Å². The zero-order valence-electron chi connectivity index (χ0n) is 26.4. The van der Waals surface area contributed by atoms with Gasteiger partial charge in [0.15, 0.2) is 0 Å². The predicted octanol–water partition coefficient (Wildman–Crippen LogP) is -0.789. The first-order valence-corrected chi connectivity index (χ1v) is 16.3. The second kappa shape index (κ2) is 18.5. The van der Waals surface area contributed by atoms with E-state index in [0.717, 1.165) is 10.9 Å². The molecular weight excluding hydrogens is 634 g/mol. The Balaban J connectivity index is 2.33. The third kappa shape index (κ3) is 12.6. The standard InChI is InChI=1S/C30H43N7O9S/c1-15(2)10-18(31)26(41)35-21(11-16-14-33-19-7-5-4-6-17(16)19)27(42)37-23(13-25(39)40)29(44)36-22(12-24(32)38)28(43)34-20(30(45)46)8-9-47-3/h4-7,14-15,18,20-23,33H,8-13,31H2,1-3H3,(H2,32,38)(H,34,43)(H,35,41)(H,36,44)(H,37,42)(H,39,40)(H,45,46)/t18-,20-,21-,22-,23-/m0/s1. The normalized spacial score (nSPS) is 14.3. The van der Waals surface area contributed by atoms with Crippen molar-refractivity contribution in [1.29, 1.82) is 0 Å². The molecule has 1 heterocycles. The summed E-state index contributed by atoms with van der Waals surface area (Å²) < 4.78 is 0. The lowest BCUT2D eigenvalue weighted by Gasteiger charge is -2.26. The van der Waals surface area contributed by atoms with Crippen LogP contribution in [0.2, 0.25) is 0 Å². The van der Waals surface area contributed by atoms with Crippen LogP contribution in [0.15, 0.2) is 30.5 Å². The number of carbonyl (C=O) groups excluding carboxylic acids is 5. The molecule has 0 bridgehead atoms. The number of hydrogen-bond acceptors (Lipinski definition) is 9. The van der Waals surface area contributed by atoms with Crippen molar-refractivity contribution in [1.82, 2.24) is 26.3 Å². The second-order valence-corrected chi connectivity index (χ2v) is 12.4. The summed E-state index contributed by atoms with van der Waals surface area (Å²) in [6.45, 7) is 3.74. The number of rotatable bonds is 20. The summed E-state index contributed by atoms with van der Waals surface area (Å²) in [5.41, 5.74) is 12.7. The molecule has 5 amide bonds. The smallest absolute Gasteiger partial charge is 0.326 e. The average Bonchev–Trinajstić information content (AvgIpc) is 3.39. The third-order valence-electron chi connectivity index (χ3n) is 7.07. The van der Waals surface area contributed by atoms with E-state index < -0.39 is 84.5 Å². The molecule has 2 rings (SSSR count). The number of nitrogens with one attached hydrogen (secondary N) is 5. The van der Waals surface area contributed by atoms with Gasteiger partial charge in [0.25, 0.3) is 0 Å². The van der Waals surface area contributed by atoms with E-state index in [1.54, 1.807) is 18.5 Å². The van der Waals surface area contributed by atoms with Crippen LogP contribution in [0.4, 0.5) is 0 Å². The van der Waals surface area contributed by atoms with Crippen molar-refractivity contribution >= 4 is 64.1 Å². The maximum absolute atomic E-state index is 13.6. The number of carbonyl (C=O) groups is 7. The Hall–Kier alpha value is -4.64. The Morgan fingerprint density at radius 1 is 0.830 bits per heavy atom. The molecule has 17 heteroatoms. The molecule has 0 unspecified atom stereocenters. The molecule has 11 N–H and O–H groups in total. The second-order valence-electron chi connectivity index (χ2n) is 11.4. The molecule has 2 aromatic rings. The number of hydrogen-bond donors (Lipinski definition) is 9. The van der Waals surface area contributed by atoms with Gasteiger partial charge in [0.2, 0.25) is 29.5 Å². The average molecular weight is 678 g/mol. The fourth-order valence-corrected chi connectivity index (χ4v) is 5.20. The van der Waals surface area contributed by atoms with Crippen LogP contribution in [0, 0.1) is 5.92 Å². The summed E-state index contributed by atoms with van der Waals surface area (Å²) in [4.78, 5) is 91.0. The molecule has 0 fully saturated rings. The lowest BCUT2D eigenvalue weighted by molar-refractivity contribution is -0.143. The number of nitrogens with two attached hydrogens (primary N) is 2. The van der Waals surface area contributed by atoms with E-state index in [9.17, 15) is 43.8 Å². The summed E-state index contributed by atoms with van der Waals surface area (Å²) in [5.74, 6) is -7.14. The van der Waals surface area contributed by atoms with Crippen LogP contribution in [0.3, 0.4) is 0 Å². The largest absolute Gasteiger partial charge is 0.481 e. The molecule has 16 nitrogen and oxygen atoms in total. The van der Waals surface area contributed by atoms with Gasteiger partial charge in [-0.25, -0.2) is 4.79 Å². The van der Waals surface area contributed by atoms with Gasteiger partial charge in [-0.1, -0.05) is 32.0 Å². The lowest BCUT2D eigenvalue weighted by atomic mass is 10.0. The molecule has 0 aliphatic rings. The minimum atomic E-state index is -1.78. The van der Waals surface area contributed by atoms with Crippen LogP contribution in [-0.2, 0) is 40.0 Å². The van der Waals surface area contributed by atoms with Gasteiger partial charge in [-0.3, -0.25) is 28.8 Å². The van der Waals surface area contributed by atoms with Gasteiger partial charge in [0.1, 0.15) is 24.2 Å². The topological polar surface area (TPSA) is 276 Å². The minimum Gasteiger partial charge on any atom is -0.481 e. The molecule has 1 aromatic heterocycles. The number of aromatic nitrogens is 1. The van der Waals surface area contributed by atoms with Crippen molar-refractivity contribution in [3.05, 3.63) is 36.0 Å². The number of carboxylic acid groups (broad SMARTS) is 2. The Kier molecular flexibility index (Phi) is 15.2. The highest BCUT2D eigenvalue weighted by Gasteiger charge is 2.34. The number of aliphatic carboxylic acids is 2. The highest BCUT2D eigenvalue weighted by atomic mass is 32.2. The molecule has 0 radical (unpaired) electrons. The summed E-state index contributed by atoms with van der Waals surface area (Å²) in [7, 11) is 0.